The zero-order valence-corrected chi connectivity index (χ0v) is 13.8. The normalized spacial score (nSPS) is 10.9. The van der Waals surface area contributed by atoms with E-state index in [1.165, 1.54) is 0 Å². The van der Waals surface area contributed by atoms with Gasteiger partial charge in [-0.05, 0) is 37.7 Å². The zero-order chi connectivity index (χ0) is 13.7. The van der Waals surface area contributed by atoms with Crippen LogP contribution in [0.5, 0.6) is 0 Å². The fraction of sp³-hybridized carbons (Fsp3) is 0.385. The number of hydrogen-bond acceptors (Lipinski definition) is 4. The molecule has 0 fully saturated rings. The standard InChI is InChI=1S/C13H15BrClN3S/c1-2-16-7-3-4-12-17-18-13(19-12)10-6-5-9(15)8-11(10)14/h5-6,8,16H,2-4,7H2,1H3. The lowest BCUT2D eigenvalue weighted by molar-refractivity contribution is 0.669. The summed E-state index contributed by atoms with van der Waals surface area (Å²) in [6, 6.07) is 5.71. The first-order valence-electron chi connectivity index (χ1n) is 6.19. The number of rotatable bonds is 6. The molecular formula is C13H15BrClN3S. The Kier molecular flexibility index (Phi) is 5.76. The minimum absolute atomic E-state index is 0.714. The summed E-state index contributed by atoms with van der Waals surface area (Å²) in [7, 11) is 0. The molecule has 0 aliphatic rings. The van der Waals surface area contributed by atoms with Crippen LogP contribution in [-0.4, -0.2) is 23.3 Å². The van der Waals surface area contributed by atoms with Gasteiger partial charge in [0.05, 0.1) is 0 Å². The van der Waals surface area contributed by atoms with Gasteiger partial charge in [-0.1, -0.05) is 45.8 Å². The van der Waals surface area contributed by atoms with Gasteiger partial charge >= 0.3 is 0 Å². The van der Waals surface area contributed by atoms with Crippen LogP contribution in [0.15, 0.2) is 22.7 Å². The van der Waals surface area contributed by atoms with Gasteiger partial charge in [-0.15, -0.1) is 10.2 Å². The lowest BCUT2D eigenvalue weighted by Crippen LogP contribution is -2.14. The molecule has 6 heteroatoms. The average Bonchev–Trinajstić information content (AvgIpc) is 2.83. The Morgan fingerprint density at radius 1 is 1.37 bits per heavy atom. The van der Waals surface area contributed by atoms with Crippen molar-refractivity contribution in [2.24, 2.45) is 0 Å². The largest absolute Gasteiger partial charge is 0.317 e. The third kappa shape index (κ3) is 4.24. The van der Waals surface area contributed by atoms with Crippen molar-refractivity contribution in [2.45, 2.75) is 19.8 Å². The van der Waals surface area contributed by atoms with Gasteiger partial charge < -0.3 is 5.32 Å². The van der Waals surface area contributed by atoms with Crippen molar-refractivity contribution in [3.8, 4) is 10.6 Å². The molecule has 0 aliphatic carbocycles. The molecule has 19 heavy (non-hydrogen) atoms. The number of aromatic nitrogens is 2. The highest BCUT2D eigenvalue weighted by Gasteiger charge is 2.10. The summed E-state index contributed by atoms with van der Waals surface area (Å²) in [5.41, 5.74) is 1.04. The van der Waals surface area contributed by atoms with Gasteiger partial charge in [0, 0.05) is 21.5 Å². The Morgan fingerprint density at radius 3 is 2.95 bits per heavy atom. The summed E-state index contributed by atoms with van der Waals surface area (Å²) in [6.45, 7) is 4.15. The third-order valence-corrected chi connectivity index (χ3v) is 4.53. The molecule has 1 heterocycles. The molecule has 0 spiro atoms. The first-order chi connectivity index (χ1) is 9.20. The molecule has 1 aromatic heterocycles. The van der Waals surface area contributed by atoms with E-state index in [9.17, 15) is 0 Å². The van der Waals surface area contributed by atoms with Crippen LogP contribution in [0.1, 0.15) is 18.4 Å². The predicted octanol–water partition coefficient (Wildman–Crippen LogP) is 4.16. The summed E-state index contributed by atoms with van der Waals surface area (Å²) in [5, 5.41) is 14.5. The number of benzene rings is 1. The molecule has 0 amide bonds. The molecule has 0 unspecified atom stereocenters. The smallest absolute Gasteiger partial charge is 0.148 e. The van der Waals surface area contributed by atoms with Crippen LogP contribution in [0, 0.1) is 0 Å². The highest BCUT2D eigenvalue weighted by atomic mass is 79.9. The second-order valence-corrected chi connectivity index (χ2v) is 6.44. The van der Waals surface area contributed by atoms with Crippen LogP contribution in [-0.2, 0) is 6.42 Å². The Balaban J connectivity index is 2.04. The fourth-order valence-corrected chi connectivity index (χ4v) is 3.59. The lowest BCUT2D eigenvalue weighted by Gasteiger charge is -2.00. The van der Waals surface area contributed by atoms with Crippen molar-refractivity contribution in [3.05, 3.63) is 32.7 Å². The molecule has 0 radical (unpaired) electrons. The fourth-order valence-electron chi connectivity index (χ4n) is 1.67. The molecule has 102 valence electrons. The van der Waals surface area contributed by atoms with E-state index in [1.807, 2.05) is 18.2 Å². The number of hydrogen-bond donors (Lipinski definition) is 1. The first kappa shape index (κ1) is 14.9. The van der Waals surface area contributed by atoms with Crippen molar-refractivity contribution in [2.75, 3.05) is 13.1 Å². The second kappa shape index (κ2) is 7.33. The zero-order valence-electron chi connectivity index (χ0n) is 10.6. The molecule has 1 N–H and O–H groups in total. The number of nitrogens with one attached hydrogen (secondary N) is 1. The van der Waals surface area contributed by atoms with Crippen molar-refractivity contribution >= 4 is 38.9 Å². The van der Waals surface area contributed by atoms with Gasteiger partial charge in [0.2, 0.25) is 0 Å². The average molecular weight is 361 g/mol. The highest BCUT2D eigenvalue weighted by molar-refractivity contribution is 9.10. The SMILES string of the molecule is CCNCCCc1nnc(-c2ccc(Cl)cc2Br)s1. The van der Waals surface area contributed by atoms with Crippen LogP contribution in [0.4, 0.5) is 0 Å². The van der Waals surface area contributed by atoms with Crippen LogP contribution < -0.4 is 5.32 Å². The highest BCUT2D eigenvalue weighted by Crippen LogP contribution is 2.32. The molecule has 0 bridgehead atoms. The molecule has 0 aliphatic heterocycles. The molecule has 0 saturated heterocycles. The Morgan fingerprint density at radius 2 is 2.21 bits per heavy atom. The van der Waals surface area contributed by atoms with Crippen LogP contribution in [0.3, 0.4) is 0 Å². The molecular weight excluding hydrogens is 346 g/mol. The Hall–Kier alpha value is -0.490. The van der Waals surface area contributed by atoms with E-state index in [1.54, 1.807) is 11.3 Å². The van der Waals surface area contributed by atoms with E-state index in [4.69, 9.17) is 11.6 Å². The van der Waals surface area contributed by atoms with Gasteiger partial charge in [0.1, 0.15) is 10.0 Å². The monoisotopic (exact) mass is 359 g/mol. The molecule has 2 aromatic rings. The van der Waals surface area contributed by atoms with E-state index in [-0.39, 0.29) is 0 Å². The van der Waals surface area contributed by atoms with Crippen LogP contribution in [0.2, 0.25) is 5.02 Å². The van der Waals surface area contributed by atoms with Gasteiger partial charge in [0.25, 0.3) is 0 Å². The van der Waals surface area contributed by atoms with Gasteiger partial charge in [0.15, 0.2) is 0 Å². The predicted molar refractivity (Wildman–Crippen MR) is 84.9 cm³/mol. The molecule has 0 atom stereocenters. The lowest BCUT2D eigenvalue weighted by atomic mass is 10.2. The quantitative estimate of drug-likeness (QED) is 0.786. The molecule has 1 aromatic carbocycles. The second-order valence-electron chi connectivity index (χ2n) is 4.08. The summed E-state index contributed by atoms with van der Waals surface area (Å²) < 4.78 is 0.954. The van der Waals surface area contributed by atoms with E-state index in [2.05, 4.69) is 38.4 Å². The maximum atomic E-state index is 5.94. The number of halogens is 2. The molecule has 0 saturated carbocycles. The number of nitrogens with zero attached hydrogens (tertiary/aromatic N) is 2. The maximum absolute atomic E-state index is 5.94. The maximum Gasteiger partial charge on any atom is 0.148 e. The van der Waals surface area contributed by atoms with E-state index < -0.39 is 0 Å². The van der Waals surface area contributed by atoms with E-state index in [0.29, 0.717) is 5.02 Å². The summed E-state index contributed by atoms with van der Waals surface area (Å²) >= 11 is 11.1. The minimum atomic E-state index is 0.714. The van der Waals surface area contributed by atoms with E-state index in [0.717, 1.165) is 46.0 Å². The van der Waals surface area contributed by atoms with Gasteiger partial charge in [-0.3, -0.25) is 0 Å². The van der Waals surface area contributed by atoms with Crippen molar-refractivity contribution in [1.29, 1.82) is 0 Å². The van der Waals surface area contributed by atoms with Crippen LogP contribution in [0.25, 0.3) is 10.6 Å². The summed E-state index contributed by atoms with van der Waals surface area (Å²) in [6.07, 6.45) is 2.06. The third-order valence-electron chi connectivity index (χ3n) is 2.62. The van der Waals surface area contributed by atoms with Crippen molar-refractivity contribution in [1.82, 2.24) is 15.5 Å². The summed E-state index contributed by atoms with van der Waals surface area (Å²) in [4.78, 5) is 0. The Labute approximate surface area is 130 Å². The van der Waals surface area contributed by atoms with Crippen molar-refractivity contribution < 1.29 is 0 Å². The summed E-state index contributed by atoms with van der Waals surface area (Å²) in [5.74, 6) is 0. The minimum Gasteiger partial charge on any atom is -0.317 e. The van der Waals surface area contributed by atoms with E-state index >= 15 is 0 Å². The van der Waals surface area contributed by atoms with Crippen molar-refractivity contribution in [3.63, 3.8) is 0 Å². The molecule has 2 rings (SSSR count). The Bertz CT molecular complexity index is 544. The first-order valence-corrected chi connectivity index (χ1v) is 8.18. The van der Waals surface area contributed by atoms with Crippen LogP contribution >= 0.6 is 38.9 Å². The molecule has 3 nitrogen and oxygen atoms in total. The number of aryl methyl sites for hydroxylation is 1. The van der Waals surface area contributed by atoms with Gasteiger partial charge in [-0.2, -0.15) is 0 Å². The van der Waals surface area contributed by atoms with Gasteiger partial charge in [-0.25, -0.2) is 0 Å². The topological polar surface area (TPSA) is 37.8 Å².